The Bertz CT molecular complexity index is 272. The molecule has 1 aromatic rings. The highest BCUT2D eigenvalue weighted by atomic mass is 16.1. The van der Waals surface area contributed by atoms with Crippen LogP contribution in [0.15, 0.2) is 30.3 Å². The summed E-state index contributed by atoms with van der Waals surface area (Å²) in [4.78, 5) is 11.1. The minimum Gasteiger partial charge on any atom is -0.299 e. The molecule has 0 aromatic heterocycles. The molecule has 0 aliphatic carbocycles. The summed E-state index contributed by atoms with van der Waals surface area (Å²) < 4.78 is 0. The molecule has 1 nitrogen and oxygen atoms in total. The Morgan fingerprint density at radius 3 is 2.25 bits per heavy atom. The van der Waals surface area contributed by atoms with E-state index >= 15 is 0 Å². The second-order valence-corrected chi connectivity index (χ2v) is 3.12. The first-order valence-corrected chi connectivity index (χ1v) is 3.90. The van der Waals surface area contributed by atoms with Gasteiger partial charge in [0.15, 0.2) is 0 Å². The molecule has 0 aliphatic heterocycles. The third kappa shape index (κ3) is 1.55. The minimum absolute atomic E-state index is 0.0197. The summed E-state index contributed by atoms with van der Waals surface area (Å²) in [5.74, 6) is -0.0197. The smallest absolute Gasteiger partial charge is 0.140 e. The SMILES string of the molecule is [CH]C(C)(C(C)=O)c1ccccc1. The summed E-state index contributed by atoms with van der Waals surface area (Å²) in [6, 6.07) is 9.38. The predicted octanol–water partition coefficient (Wildman–Crippen LogP) is 2.24. The van der Waals surface area contributed by atoms with Crippen molar-refractivity contribution < 1.29 is 4.79 Å². The number of hydrogen-bond donors (Lipinski definition) is 0. The van der Waals surface area contributed by atoms with Gasteiger partial charge in [-0.2, -0.15) is 0 Å². The number of ketones is 1. The van der Waals surface area contributed by atoms with Crippen molar-refractivity contribution in [1.29, 1.82) is 0 Å². The Hall–Kier alpha value is -1.11. The molecule has 0 heterocycles. The third-order valence-corrected chi connectivity index (χ3v) is 2.10. The molecule has 0 saturated heterocycles. The highest BCUT2D eigenvalue weighted by Gasteiger charge is 2.25. The molecule has 0 bridgehead atoms. The van der Waals surface area contributed by atoms with Crippen molar-refractivity contribution >= 4 is 5.78 Å². The van der Waals surface area contributed by atoms with Gasteiger partial charge in [-0.25, -0.2) is 0 Å². The van der Waals surface area contributed by atoms with E-state index in [1.807, 2.05) is 30.3 Å². The number of benzene rings is 1. The van der Waals surface area contributed by atoms with Gasteiger partial charge >= 0.3 is 0 Å². The summed E-state index contributed by atoms with van der Waals surface area (Å²) in [6.07, 6.45) is 0. The van der Waals surface area contributed by atoms with Crippen molar-refractivity contribution in [2.75, 3.05) is 0 Å². The lowest BCUT2D eigenvalue weighted by Crippen LogP contribution is -2.26. The first-order chi connectivity index (χ1) is 5.55. The van der Waals surface area contributed by atoms with Crippen LogP contribution in [-0.4, -0.2) is 5.78 Å². The van der Waals surface area contributed by atoms with E-state index in [2.05, 4.69) is 0 Å². The second-order valence-electron chi connectivity index (χ2n) is 3.12. The summed E-state index contributed by atoms with van der Waals surface area (Å²) in [6.45, 7) is 9.07. The lowest BCUT2D eigenvalue weighted by molar-refractivity contribution is -0.120. The zero-order valence-electron chi connectivity index (χ0n) is 7.37. The summed E-state index contributed by atoms with van der Waals surface area (Å²) in [7, 11) is 0. The monoisotopic (exact) mass is 160 g/mol. The molecule has 0 saturated carbocycles. The van der Waals surface area contributed by atoms with E-state index in [4.69, 9.17) is 6.92 Å². The number of carbonyl (C=O) groups excluding carboxylic acids is 1. The molecule has 0 fully saturated rings. The Kier molecular flexibility index (Phi) is 2.32. The molecule has 62 valence electrons. The Balaban J connectivity index is 3.06. The molecule has 1 atom stereocenters. The Labute approximate surface area is 73.4 Å². The lowest BCUT2D eigenvalue weighted by Gasteiger charge is -2.20. The van der Waals surface area contributed by atoms with E-state index < -0.39 is 5.41 Å². The highest BCUT2D eigenvalue weighted by molar-refractivity contribution is 5.88. The van der Waals surface area contributed by atoms with E-state index in [9.17, 15) is 4.79 Å². The van der Waals surface area contributed by atoms with Crippen LogP contribution in [0.3, 0.4) is 0 Å². The van der Waals surface area contributed by atoms with Crippen molar-refractivity contribution in [3.63, 3.8) is 0 Å². The van der Waals surface area contributed by atoms with Crippen LogP contribution < -0.4 is 0 Å². The lowest BCUT2D eigenvalue weighted by atomic mass is 9.81. The van der Waals surface area contributed by atoms with Crippen molar-refractivity contribution in [3.8, 4) is 0 Å². The molecule has 1 heteroatoms. The second kappa shape index (κ2) is 3.10. The number of rotatable bonds is 2. The number of Topliss-reactive ketones (excluding diaryl/α,β-unsaturated/α-hetero) is 1. The molecule has 0 amide bonds. The summed E-state index contributed by atoms with van der Waals surface area (Å²) >= 11 is 0. The molecule has 0 aliphatic rings. The van der Waals surface area contributed by atoms with Gasteiger partial charge in [0.2, 0.25) is 0 Å². The third-order valence-electron chi connectivity index (χ3n) is 2.10. The van der Waals surface area contributed by atoms with Gasteiger partial charge in [0.25, 0.3) is 0 Å². The zero-order chi connectivity index (χ0) is 9.19. The van der Waals surface area contributed by atoms with Gasteiger partial charge in [0, 0.05) is 0 Å². The Morgan fingerprint density at radius 1 is 1.33 bits per heavy atom. The maximum absolute atomic E-state index is 11.1. The van der Waals surface area contributed by atoms with Crippen molar-refractivity contribution in [3.05, 3.63) is 42.8 Å². The maximum Gasteiger partial charge on any atom is 0.140 e. The van der Waals surface area contributed by atoms with Gasteiger partial charge in [-0.05, 0) is 26.3 Å². The standard InChI is InChI=1S/C11H12O/c1-9(12)11(2,3)10-7-5-4-6-8-10/h2,4-8H,1,3H3. The Morgan fingerprint density at radius 2 is 1.83 bits per heavy atom. The first-order valence-electron chi connectivity index (χ1n) is 3.90. The zero-order valence-corrected chi connectivity index (χ0v) is 7.37. The van der Waals surface area contributed by atoms with Crippen molar-refractivity contribution in [2.45, 2.75) is 19.3 Å². The van der Waals surface area contributed by atoms with E-state index in [-0.39, 0.29) is 5.78 Å². The molecule has 2 radical (unpaired) electrons. The largest absolute Gasteiger partial charge is 0.299 e. The van der Waals surface area contributed by atoms with Crippen LogP contribution in [0.5, 0.6) is 0 Å². The predicted molar refractivity (Wildman–Crippen MR) is 48.8 cm³/mol. The van der Waals surface area contributed by atoms with Gasteiger partial charge < -0.3 is 0 Å². The molecule has 0 N–H and O–H groups in total. The van der Waals surface area contributed by atoms with E-state index in [1.54, 1.807) is 6.92 Å². The van der Waals surface area contributed by atoms with Crippen LogP contribution >= 0.6 is 0 Å². The summed E-state index contributed by atoms with van der Waals surface area (Å²) in [5.41, 5.74) is 0.0128. The van der Waals surface area contributed by atoms with E-state index in [0.29, 0.717) is 0 Å². The van der Waals surface area contributed by atoms with E-state index in [1.165, 1.54) is 6.92 Å². The number of carbonyl (C=O) groups is 1. The average Bonchev–Trinajstić information content (AvgIpc) is 2.06. The first kappa shape index (κ1) is 8.98. The average molecular weight is 160 g/mol. The molecular formula is C11H12O. The van der Waals surface area contributed by atoms with Crippen LogP contribution in [0.25, 0.3) is 0 Å². The molecule has 1 unspecified atom stereocenters. The van der Waals surface area contributed by atoms with Gasteiger partial charge in [-0.1, -0.05) is 30.3 Å². The minimum atomic E-state index is -0.846. The van der Waals surface area contributed by atoms with Crippen LogP contribution in [0.1, 0.15) is 19.4 Å². The van der Waals surface area contributed by atoms with Crippen molar-refractivity contribution in [1.82, 2.24) is 0 Å². The quantitative estimate of drug-likeness (QED) is 0.648. The van der Waals surface area contributed by atoms with Crippen molar-refractivity contribution in [2.24, 2.45) is 0 Å². The van der Waals surface area contributed by atoms with Crippen LogP contribution in [0.4, 0.5) is 0 Å². The van der Waals surface area contributed by atoms with Gasteiger partial charge in [-0.3, -0.25) is 4.79 Å². The van der Waals surface area contributed by atoms with Gasteiger partial charge in [-0.15, -0.1) is 0 Å². The van der Waals surface area contributed by atoms with Gasteiger partial charge in [0.05, 0.1) is 5.41 Å². The van der Waals surface area contributed by atoms with E-state index in [0.717, 1.165) is 5.56 Å². The molecular weight excluding hydrogens is 148 g/mol. The van der Waals surface area contributed by atoms with Crippen LogP contribution in [0.2, 0.25) is 0 Å². The molecule has 1 aromatic carbocycles. The highest BCUT2D eigenvalue weighted by Crippen LogP contribution is 2.22. The van der Waals surface area contributed by atoms with Crippen LogP contribution in [-0.2, 0) is 10.2 Å². The fraction of sp³-hybridized carbons (Fsp3) is 0.273. The molecule has 12 heavy (non-hydrogen) atoms. The molecule has 0 spiro atoms. The normalized spacial score (nSPS) is 11.2. The van der Waals surface area contributed by atoms with Crippen LogP contribution in [0, 0.1) is 6.92 Å². The molecule has 1 rings (SSSR count). The van der Waals surface area contributed by atoms with Gasteiger partial charge in [0.1, 0.15) is 5.78 Å². The topological polar surface area (TPSA) is 17.1 Å². The number of hydrogen-bond acceptors (Lipinski definition) is 1. The summed E-state index contributed by atoms with van der Waals surface area (Å²) in [5, 5.41) is 0. The fourth-order valence-electron chi connectivity index (χ4n) is 0.988. The maximum atomic E-state index is 11.1. The fourth-order valence-corrected chi connectivity index (χ4v) is 0.988.